The number of fused-ring (bicyclic) bond motifs is 4. The zero-order valence-corrected chi connectivity index (χ0v) is 20.5. The van der Waals surface area contributed by atoms with Crippen molar-refractivity contribution in [2.24, 2.45) is 46.8 Å². The quantitative estimate of drug-likeness (QED) is 0.485. The molecule has 33 heavy (non-hydrogen) atoms. The van der Waals surface area contributed by atoms with Crippen LogP contribution < -0.4 is 0 Å². The Morgan fingerprint density at radius 1 is 1.06 bits per heavy atom. The summed E-state index contributed by atoms with van der Waals surface area (Å²) in [5.74, 6) is 1.46. The van der Waals surface area contributed by atoms with Gasteiger partial charge in [-0.3, -0.25) is 9.59 Å². The SMILES string of the molecule is CC1CC(C(C)C2CCC3C4CC5OC56C(O)CCC(=O)C6(O)C4CCC23C)OC(=O)C1C. The van der Waals surface area contributed by atoms with E-state index in [-0.39, 0.29) is 53.6 Å². The predicted octanol–water partition coefficient (Wildman–Crippen LogP) is 3.27. The number of cyclic esters (lactones) is 1. The van der Waals surface area contributed by atoms with Gasteiger partial charge in [0.15, 0.2) is 17.0 Å². The fraction of sp³-hybridized carbons (Fsp3) is 0.926. The Labute approximate surface area is 196 Å². The highest BCUT2D eigenvalue weighted by atomic mass is 16.6. The maximum atomic E-state index is 13.1. The smallest absolute Gasteiger partial charge is 0.309 e. The molecule has 1 spiro atoms. The Balaban J connectivity index is 1.27. The van der Waals surface area contributed by atoms with E-state index in [9.17, 15) is 19.8 Å². The number of hydrogen-bond acceptors (Lipinski definition) is 6. The summed E-state index contributed by atoms with van der Waals surface area (Å²) in [6, 6.07) is 0. The van der Waals surface area contributed by atoms with Crippen LogP contribution in [0.3, 0.4) is 0 Å². The Hall–Kier alpha value is -0.980. The summed E-state index contributed by atoms with van der Waals surface area (Å²) in [5.41, 5.74) is -2.47. The van der Waals surface area contributed by atoms with E-state index in [0.717, 1.165) is 38.5 Å². The molecule has 0 aromatic rings. The second-order valence-corrected chi connectivity index (χ2v) is 12.8. The molecule has 0 radical (unpaired) electrons. The lowest BCUT2D eigenvalue weighted by molar-refractivity contribution is -0.197. The van der Waals surface area contributed by atoms with Crippen molar-refractivity contribution < 1.29 is 29.3 Å². The van der Waals surface area contributed by atoms with Gasteiger partial charge >= 0.3 is 5.97 Å². The number of ketones is 1. The van der Waals surface area contributed by atoms with Gasteiger partial charge in [0.1, 0.15) is 6.10 Å². The van der Waals surface area contributed by atoms with Gasteiger partial charge in [-0.05, 0) is 80.0 Å². The van der Waals surface area contributed by atoms with E-state index in [1.165, 1.54) is 0 Å². The van der Waals surface area contributed by atoms with Crippen molar-refractivity contribution in [2.75, 3.05) is 0 Å². The number of epoxide rings is 1. The average molecular weight is 461 g/mol. The molecular weight excluding hydrogens is 420 g/mol. The van der Waals surface area contributed by atoms with Crippen LogP contribution >= 0.6 is 0 Å². The van der Waals surface area contributed by atoms with Gasteiger partial charge in [0.05, 0.1) is 18.1 Å². The lowest BCUT2D eigenvalue weighted by Gasteiger charge is -2.58. The summed E-state index contributed by atoms with van der Waals surface area (Å²) >= 11 is 0. The summed E-state index contributed by atoms with van der Waals surface area (Å²) < 4.78 is 12.0. The van der Waals surface area contributed by atoms with Crippen molar-refractivity contribution in [3.63, 3.8) is 0 Å². The second-order valence-electron chi connectivity index (χ2n) is 12.8. The van der Waals surface area contributed by atoms with Crippen LogP contribution in [0.25, 0.3) is 0 Å². The molecule has 2 saturated heterocycles. The third kappa shape index (κ3) is 2.66. The van der Waals surface area contributed by atoms with Crippen LogP contribution in [0.2, 0.25) is 0 Å². The molecule has 0 amide bonds. The molecule has 6 heteroatoms. The second kappa shape index (κ2) is 7.04. The fourth-order valence-corrected chi connectivity index (χ4v) is 9.67. The van der Waals surface area contributed by atoms with E-state index in [4.69, 9.17) is 9.47 Å². The van der Waals surface area contributed by atoms with Gasteiger partial charge < -0.3 is 19.7 Å². The maximum absolute atomic E-state index is 13.1. The van der Waals surface area contributed by atoms with E-state index in [2.05, 4.69) is 20.8 Å². The highest BCUT2D eigenvalue weighted by Gasteiger charge is 2.82. The van der Waals surface area contributed by atoms with E-state index in [1.807, 2.05) is 6.92 Å². The number of Topliss-reactive ketones (excluding diaryl/α,β-unsaturated/α-hetero) is 1. The molecule has 2 N–H and O–H groups in total. The van der Waals surface area contributed by atoms with Gasteiger partial charge in [0.25, 0.3) is 0 Å². The number of aliphatic hydroxyl groups excluding tert-OH is 1. The third-order valence-electron chi connectivity index (χ3n) is 11.8. The largest absolute Gasteiger partial charge is 0.462 e. The Bertz CT molecular complexity index is 873. The van der Waals surface area contributed by atoms with E-state index in [1.54, 1.807) is 0 Å². The molecule has 13 atom stereocenters. The van der Waals surface area contributed by atoms with Crippen molar-refractivity contribution in [1.82, 2.24) is 0 Å². The molecule has 6 aliphatic rings. The molecule has 0 bridgehead atoms. The van der Waals surface area contributed by atoms with Gasteiger partial charge in [0, 0.05) is 12.3 Å². The van der Waals surface area contributed by atoms with Gasteiger partial charge in [-0.15, -0.1) is 0 Å². The molecule has 6 rings (SSSR count). The van der Waals surface area contributed by atoms with E-state index < -0.39 is 17.3 Å². The fourth-order valence-electron chi connectivity index (χ4n) is 9.67. The third-order valence-corrected chi connectivity index (χ3v) is 11.8. The standard InChI is InChI=1S/C27H40O6/c1-13-11-20(32-24(30)14(13)2)15(3)17-5-6-18-16-12-23-27(33-23)22(29)8-7-21(28)26(27,31)19(16)9-10-25(17,18)4/h13-20,22-23,29,31H,5-12H2,1-4H3. The molecule has 4 aliphatic carbocycles. The van der Waals surface area contributed by atoms with Gasteiger partial charge in [-0.1, -0.05) is 27.7 Å². The Kier molecular flexibility index (Phi) is 4.80. The maximum Gasteiger partial charge on any atom is 0.309 e. The van der Waals surface area contributed by atoms with Crippen LogP contribution in [0.15, 0.2) is 0 Å². The summed E-state index contributed by atoms with van der Waals surface area (Å²) in [7, 11) is 0. The Morgan fingerprint density at radius 2 is 1.82 bits per heavy atom. The minimum atomic E-state index is -1.53. The molecule has 2 aliphatic heterocycles. The molecule has 4 saturated carbocycles. The van der Waals surface area contributed by atoms with Crippen molar-refractivity contribution in [3.8, 4) is 0 Å². The molecule has 2 heterocycles. The van der Waals surface area contributed by atoms with Crippen molar-refractivity contribution >= 4 is 11.8 Å². The lowest BCUT2D eigenvalue weighted by atomic mass is 9.47. The molecule has 13 unspecified atom stereocenters. The number of hydrogen-bond donors (Lipinski definition) is 2. The normalized spacial score (nSPS) is 58.4. The monoisotopic (exact) mass is 460 g/mol. The highest BCUT2D eigenvalue weighted by molar-refractivity contribution is 5.91. The van der Waals surface area contributed by atoms with Crippen LogP contribution in [-0.2, 0) is 19.1 Å². The molecule has 6 nitrogen and oxygen atoms in total. The van der Waals surface area contributed by atoms with Gasteiger partial charge in [0.2, 0.25) is 0 Å². The predicted molar refractivity (Wildman–Crippen MR) is 120 cm³/mol. The minimum absolute atomic E-state index is 0.0213. The van der Waals surface area contributed by atoms with Crippen molar-refractivity contribution in [2.45, 2.75) is 109 Å². The first-order chi connectivity index (χ1) is 15.6. The summed E-state index contributed by atoms with van der Waals surface area (Å²) in [6.45, 7) is 8.82. The molecule has 6 fully saturated rings. The summed E-state index contributed by atoms with van der Waals surface area (Å²) in [6.07, 6.45) is 5.39. The van der Waals surface area contributed by atoms with Gasteiger partial charge in [-0.25, -0.2) is 0 Å². The van der Waals surface area contributed by atoms with Crippen LogP contribution in [0.4, 0.5) is 0 Å². The first-order valence-corrected chi connectivity index (χ1v) is 13.4. The number of rotatable bonds is 2. The average Bonchev–Trinajstić information content (AvgIpc) is 3.41. The van der Waals surface area contributed by atoms with Gasteiger partial charge in [-0.2, -0.15) is 0 Å². The molecule has 0 aromatic carbocycles. The number of aliphatic hydroxyl groups is 2. The lowest BCUT2D eigenvalue weighted by Crippen LogP contribution is -2.70. The summed E-state index contributed by atoms with van der Waals surface area (Å²) in [5, 5.41) is 22.7. The molecular formula is C27H40O6. The molecule has 0 aromatic heterocycles. The van der Waals surface area contributed by atoms with Crippen LogP contribution in [0, 0.1) is 46.8 Å². The number of carbonyl (C=O) groups is 2. The van der Waals surface area contributed by atoms with Crippen molar-refractivity contribution in [1.29, 1.82) is 0 Å². The number of carbonyl (C=O) groups excluding carboxylic acids is 2. The first-order valence-electron chi connectivity index (χ1n) is 13.4. The highest BCUT2D eigenvalue weighted by Crippen LogP contribution is 2.71. The summed E-state index contributed by atoms with van der Waals surface area (Å²) in [4.78, 5) is 25.6. The topological polar surface area (TPSA) is 96.4 Å². The van der Waals surface area contributed by atoms with E-state index >= 15 is 0 Å². The zero-order chi connectivity index (χ0) is 23.5. The minimum Gasteiger partial charge on any atom is -0.462 e. The van der Waals surface area contributed by atoms with Crippen LogP contribution in [-0.4, -0.2) is 51.5 Å². The van der Waals surface area contributed by atoms with Crippen LogP contribution in [0.1, 0.15) is 79.1 Å². The molecule has 184 valence electrons. The van der Waals surface area contributed by atoms with Crippen LogP contribution in [0.5, 0.6) is 0 Å². The number of ether oxygens (including phenoxy) is 2. The van der Waals surface area contributed by atoms with Crippen molar-refractivity contribution in [3.05, 3.63) is 0 Å². The van der Waals surface area contributed by atoms with E-state index in [0.29, 0.717) is 30.1 Å². The zero-order valence-electron chi connectivity index (χ0n) is 20.5. The first kappa shape index (κ1) is 22.5. The number of esters is 1. The Morgan fingerprint density at radius 3 is 2.55 bits per heavy atom.